The Balaban J connectivity index is 1.69. The molecule has 2 amide bonds. The molecule has 0 bridgehead atoms. The van der Waals surface area contributed by atoms with Crippen LogP contribution < -0.4 is 10.9 Å². The first-order valence-electron chi connectivity index (χ1n) is 9.68. The molecule has 1 atom stereocenters. The maximum absolute atomic E-state index is 13.0. The minimum absolute atomic E-state index is 0.220. The van der Waals surface area contributed by atoms with Crippen molar-refractivity contribution in [2.75, 3.05) is 0 Å². The van der Waals surface area contributed by atoms with Crippen LogP contribution in [0.15, 0.2) is 65.6 Å². The van der Waals surface area contributed by atoms with Crippen LogP contribution in [-0.4, -0.2) is 16.4 Å². The molecule has 1 aliphatic heterocycles. The normalized spacial score (nSPS) is 16.7. The molecule has 1 saturated heterocycles. The lowest BCUT2D eigenvalue weighted by atomic mass is 9.88. The highest BCUT2D eigenvalue weighted by Gasteiger charge is 2.34. The molecule has 2 aromatic carbocycles. The lowest BCUT2D eigenvalue weighted by Gasteiger charge is -2.23. The maximum Gasteiger partial charge on any atom is 0.421 e. The Labute approximate surface area is 185 Å². The van der Waals surface area contributed by atoms with Gasteiger partial charge >= 0.3 is 6.18 Å². The fourth-order valence-corrected chi connectivity index (χ4v) is 4.11. The number of carbonyl (C=O) groups is 2. The van der Waals surface area contributed by atoms with Gasteiger partial charge in [0.1, 0.15) is 5.56 Å². The second-order valence-corrected chi connectivity index (χ2v) is 7.73. The van der Waals surface area contributed by atoms with Gasteiger partial charge in [0, 0.05) is 23.9 Å². The van der Waals surface area contributed by atoms with Crippen molar-refractivity contribution >= 4 is 23.4 Å². The maximum atomic E-state index is 13.0. The monoisotopic (exact) mass is 460 g/mol. The van der Waals surface area contributed by atoms with Crippen LogP contribution in [0, 0.1) is 0 Å². The summed E-state index contributed by atoms with van der Waals surface area (Å²) in [5, 5.41) is 2.66. The van der Waals surface area contributed by atoms with E-state index in [-0.39, 0.29) is 18.0 Å². The first-order chi connectivity index (χ1) is 15.2. The third-order valence-corrected chi connectivity index (χ3v) is 5.77. The molecule has 0 unspecified atom stereocenters. The zero-order valence-corrected chi connectivity index (χ0v) is 17.2. The van der Waals surface area contributed by atoms with Crippen LogP contribution in [0.3, 0.4) is 0 Å². The molecule has 9 heteroatoms. The molecule has 5 nitrogen and oxygen atoms in total. The first kappa shape index (κ1) is 21.8. The van der Waals surface area contributed by atoms with Crippen LogP contribution in [-0.2, 0) is 15.8 Å². The van der Waals surface area contributed by atoms with Crippen LogP contribution in [0.1, 0.15) is 29.9 Å². The number of imide groups is 1. The molecule has 0 aliphatic carbocycles. The number of rotatable bonds is 3. The van der Waals surface area contributed by atoms with E-state index in [2.05, 4.69) is 5.32 Å². The topological polar surface area (TPSA) is 68.2 Å². The van der Waals surface area contributed by atoms with Crippen molar-refractivity contribution in [3.8, 4) is 16.8 Å². The van der Waals surface area contributed by atoms with E-state index in [0.29, 0.717) is 28.1 Å². The summed E-state index contributed by atoms with van der Waals surface area (Å²) in [6.07, 6.45) is -2.91. The number of amides is 2. The molecular formula is C23H16ClF3N2O3. The van der Waals surface area contributed by atoms with Gasteiger partial charge in [0.2, 0.25) is 11.8 Å². The van der Waals surface area contributed by atoms with Crippen LogP contribution in [0.2, 0.25) is 5.02 Å². The summed E-state index contributed by atoms with van der Waals surface area (Å²) in [5.41, 5.74) is -0.269. The number of nitrogens with zero attached hydrogens (tertiary/aromatic N) is 1. The van der Waals surface area contributed by atoms with Gasteiger partial charge in [-0.15, -0.1) is 0 Å². The molecule has 1 aromatic heterocycles. The zero-order chi connectivity index (χ0) is 23.0. The van der Waals surface area contributed by atoms with Crippen molar-refractivity contribution in [1.82, 2.24) is 9.88 Å². The number of benzene rings is 2. The van der Waals surface area contributed by atoms with Gasteiger partial charge in [-0.2, -0.15) is 13.2 Å². The Morgan fingerprint density at radius 3 is 2.34 bits per heavy atom. The molecule has 2 heterocycles. The van der Waals surface area contributed by atoms with Gasteiger partial charge in [-0.05, 0) is 41.8 Å². The van der Waals surface area contributed by atoms with E-state index in [0.717, 1.165) is 10.6 Å². The van der Waals surface area contributed by atoms with E-state index >= 15 is 0 Å². The van der Waals surface area contributed by atoms with E-state index in [9.17, 15) is 27.6 Å². The van der Waals surface area contributed by atoms with E-state index in [1.165, 1.54) is 24.4 Å². The van der Waals surface area contributed by atoms with Crippen molar-refractivity contribution in [2.45, 2.75) is 24.9 Å². The van der Waals surface area contributed by atoms with Crippen molar-refractivity contribution in [1.29, 1.82) is 0 Å². The highest BCUT2D eigenvalue weighted by Crippen LogP contribution is 2.37. The first-order valence-corrected chi connectivity index (χ1v) is 10.1. The predicted molar refractivity (Wildman–Crippen MR) is 113 cm³/mol. The minimum atomic E-state index is -4.75. The molecule has 0 radical (unpaired) electrons. The van der Waals surface area contributed by atoms with Gasteiger partial charge in [0.05, 0.1) is 10.9 Å². The second kappa shape index (κ2) is 8.27. The van der Waals surface area contributed by atoms with Gasteiger partial charge < -0.3 is 0 Å². The summed E-state index contributed by atoms with van der Waals surface area (Å²) in [6, 6.07) is 13.4. The number of nitrogens with one attached hydrogen (secondary N) is 1. The fraction of sp³-hybridized carbons (Fsp3) is 0.174. The van der Waals surface area contributed by atoms with E-state index in [1.54, 1.807) is 30.3 Å². The van der Waals surface area contributed by atoms with Gasteiger partial charge in [-0.3, -0.25) is 24.3 Å². The predicted octanol–water partition coefficient (Wildman–Crippen LogP) is 4.70. The van der Waals surface area contributed by atoms with Crippen LogP contribution >= 0.6 is 11.6 Å². The summed E-state index contributed by atoms with van der Waals surface area (Å²) in [4.78, 5) is 35.9. The standard InChI is InChI=1S/C23H16ClF3N2O3/c24-20-15(3-1-4-16(20)17-10-11-19(30)28-21(17)31)13-6-8-14(9-7-13)29-12-2-5-18(22(29)32)23(25,26)27/h1-9,12,17H,10-11H2,(H,28,30,31)/t17-/m0/s1. The number of hydrogen-bond donors (Lipinski definition) is 1. The lowest BCUT2D eigenvalue weighted by Crippen LogP contribution is -2.39. The third kappa shape index (κ3) is 4.05. The van der Waals surface area contributed by atoms with Gasteiger partial charge in [-0.1, -0.05) is 41.9 Å². The van der Waals surface area contributed by atoms with E-state index in [1.807, 2.05) is 0 Å². The molecule has 0 saturated carbocycles. The SMILES string of the molecule is O=C1CC[C@@H](c2cccc(-c3ccc(-n4cccc(C(F)(F)F)c4=O)cc3)c2Cl)C(=O)N1. The minimum Gasteiger partial charge on any atom is -0.296 e. The highest BCUT2D eigenvalue weighted by molar-refractivity contribution is 6.34. The Morgan fingerprint density at radius 2 is 1.69 bits per heavy atom. The average Bonchev–Trinajstić information content (AvgIpc) is 2.74. The molecule has 32 heavy (non-hydrogen) atoms. The van der Waals surface area contributed by atoms with Crippen LogP contribution in [0.5, 0.6) is 0 Å². The zero-order valence-electron chi connectivity index (χ0n) is 16.4. The van der Waals surface area contributed by atoms with Crippen molar-refractivity contribution in [3.05, 3.63) is 87.3 Å². The number of carbonyl (C=O) groups excluding carboxylic acids is 2. The Morgan fingerprint density at radius 1 is 0.969 bits per heavy atom. The van der Waals surface area contributed by atoms with Crippen LogP contribution in [0.4, 0.5) is 13.2 Å². The molecule has 164 valence electrons. The van der Waals surface area contributed by atoms with Gasteiger partial charge in [-0.25, -0.2) is 0 Å². The number of pyridine rings is 1. The average molecular weight is 461 g/mol. The largest absolute Gasteiger partial charge is 0.421 e. The van der Waals surface area contributed by atoms with Crippen molar-refractivity contribution in [3.63, 3.8) is 0 Å². The fourth-order valence-electron chi connectivity index (χ4n) is 3.75. The second-order valence-electron chi connectivity index (χ2n) is 7.35. The number of alkyl halides is 3. The summed E-state index contributed by atoms with van der Waals surface area (Å²) < 4.78 is 40.0. The molecule has 1 N–H and O–H groups in total. The summed E-state index contributed by atoms with van der Waals surface area (Å²) in [6.45, 7) is 0. The molecule has 1 aliphatic rings. The van der Waals surface area contributed by atoms with E-state index in [4.69, 9.17) is 11.6 Å². The number of halogens is 4. The molecule has 4 rings (SSSR count). The Hall–Kier alpha value is -3.39. The van der Waals surface area contributed by atoms with Crippen molar-refractivity contribution in [2.24, 2.45) is 0 Å². The van der Waals surface area contributed by atoms with Crippen LogP contribution in [0.25, 0.3) is 16.8 Å². The van der Waals surface area contributed by atoms with Gasteiger partial charge in [0.25, 0.3) is 5.56 Å². The molecule has 1 fully saturated rings. The summed E-state index contributed by atoms with van der Waals surface area (Å²) >= 11 is 6.59. The Bertz CT molecular complexity index is 1270. The number of piperidine rings is 1. The smallest absolute Gasteiger partial charge is 0.296 e. The quantitative estimate of drug-likeness (QED) is 0.576. The molecule has 3 aromatic rings. The highest BCUT2D eigenvalue weighted by atomic mass is 35.5. The molecule has 0 spiro atoms. The van der Waals surface area contributed by atoms with Crippen molar-refractivity contribution < 1.29 is 22.8 Å². The third-order valence-electron chi connectivity index (χ3n) is 5.35. The lowest BCUT2D eigenvalue weighted by molar-refractivity contribution is -0.139. The number of hydrogen-bond acceptors (Lipinski definition) is 3. The Kier molecular flexibility index (Phi) is 5.64. The summed E-state index contributed by atoms with van der Waals surface area (Å²) in [7, 11) is 0. The van der Waals surface area contributed by atoms with E-state index < -0.39 is 29.1 Å². The molecular weight excluding hydrogens is 445 g/mol. The number of aromatic nitrogens is 1. The van der Waals surface area contributed by atoms with Gasteiger partial charge in [0.15, 0.2) is 0 Å². The summed E-state index contributed by atoms with van der Waals surface area (Å²) in [5.74, 6) is -1.28.